The van der Waals surface area contributed by atoms with Crippen LogP contribution >= 0.6 is 22.9 Å². The smallest absolute Gasteiger partial charge is 0.422 e. The van der Waals surface area contributed by atoms with Crippen molar-refractivity contribution in [3.8, 4) is 5.75 Å². The number of hydrogen-bond acceptors (Lipinski definition) is 5. The van der Waals surface area contributed by atoms with Crippen molar-refractivity contribution in [3.05, 3.63) is 70.5 Å². The van der Waals surface area contributed by atoms with Gasteiger partial charge >= 0.3 is 6.18 Å². The van der Waals surface area contributed by atoms with Gasteiger partial charge in [0.2, 0.25) is 0 Å². The average Bonchev–Trinajstić information content (AvgIpc) is 3.25. The van der Waals surface area contributed by atoms with Gasteiger partial charge in [0.05, 0.1) is 28.0 Å². The molecule has 32 heavy (non-hydrogen) atoms. The Kier molecular flexibility index (Phi) is 6.07. The lowest BCUT2D eigenvalue weighted by Crippen LogP contribution is -2.19. The van der Waals surface area contributed by atoms with Gasteiger partial charge in [-0.25, -0.2) is 9.67 Å². The Balaban J connectivity index is 1.51. The van der Waals surface area contributed by atoms with Crippen LogP contribution < -0.4 is 10.1 Å². The second-order valence-electron chi connectivity index (χ2n) is 6.90. The van der Waals surface area contributed by atoms with Crippen LogP contribution in [0.2, 0.25) is 5.15 Å². The lowest BCUT2D eigenvalue weighted by molar-refractivity contribution is -0.153. The molecule has 0 aliphatic rings. The van der Waals surface area contributed by atoms with Crippen molar-refractivity contribution in [3.63, 3.8) is 0 Å². The minimum atomic E-state index is -4.43. The highest BCUT2D eigenvalue weighted by Gasteiger charge is 2.28. The van der Waals surface area contributed by atoms with Gasteiger partial charge in [0.25, 0.3) is 5.91 Å². The van der Waals surface area contributed by atoms with E-state index in [2.05, 4.69) is 15.4 Å². The summed E-state index contributed by atoms with van der Waals surface area (Å²) >= 11 is 7.54. The van der Waals surface area contributed by atoms with Gasteiger partial charge in [-0.1, -0.05) is 53.3 Å². The van der Waals surface area contributed by atoms with E-state index in [1.165, 1.54) is 18.2 Å². The van der Waals surface area contributed by atoms with Gasteiger partial charge in [-0.2, -0.15) is 18.3 Å². The van der Waals surface area contributed by atoms with E-state index < -0.39 is 18.7 Å². The normalized spacial score (nSPS) is 11.7. The molecule has 0 aliphatic heterocycles. The molecule has 11 heteroatoms. The van der Waals surface area contributed by atoms with Crippen LogP contribution in [-0.4, -0.2) is 33.5 Å². The molecule has 0 radical (unpaired) electrons. The molecule has 2 aromatic heterocycles. The first-order valence-corrected chi connectivity index (χ1v) is 10.6. The van der Waals surface area contributed by atoms with Crippen LogP contribution in [0.15, 0.2) is 48.5 Å². The van der Waals surface area contributed by atoms with Gasteiger partial charge in [0, 0.05) is 0 Å². The first kappa shape index (κ1) is 22.1. The van der Waals surface area contributed by atoms with E-state index in [1.807, 2.05) is 30.3 Å². The van der Waals surface area contributed by atoms with Crippen LogP contribution in [0.5, 0.6) is 5.75 Å². The standard InChI is InChI=1S/C21H16ClF3N4O2S/c1-12-17(18(22)29(28-12)10-13-5-3-2-4-6-13)19(30)27-20-26-15-8-7-14(9-16(15)32-20)31-11-21(23,24)25/h2-9H,10-11H2,1H3,(H,26,27,30). The third-order valence-corrected chi connectivity index (χ3v) is 5.77. The number of anilines is 1. The molecule has 2 heterocycles. The minimum absolute atomic E-state index is 0.0671. The lowest BCUT2D eigenvalue weighted by Gasteiger charge is -2.08. The molecule has 0 saturated carbocycles. The molecule has 0 atom stereocenters. The Morgan fingerprint density at radius 3 is 2.69 bits per heavy atom. The molecule has 0 unspecified atom stereocenters. The number of aromatic nitrogens is 3. The number of ether oxygens (including phenoxy) is 1. The molecule has 166 valence electrons. The van der Waals surface area contributed by atoms with E-state index in [-0.39, 0.29) is 21.6 Å². The molecule has 6 nitrogen and oxygen atoms in total. The zero-order valence-corrected chi connectivity index (χ0v) is 18.2. The van der Waals surface area contributed by atoms with Crippen LogP contribution in [0.4, 0.5) is 18.3 Å². The predicted octanol–water partition coefficient (Wildman–Crippen LogP) is 5.70. The second kappa shape index (κ2) is 8.79. The van der Waals surface area contributed by atoms with E-state index in [0.717, 1.165) is 16.9 Å². The molecule has 4 rings (SSSR count). The van der Waals surface area contributed by atoms with Crippen molar-refractivity contribution in [1.29, 1.82) is 0 Å². The van der Waals surface area contributed by atoms with Crippen LogP contribution in [0.3, 0.4) is 0 Å². The number of amides is 1. The molecule has 2 aromatic carbocycles. The number of thiazole rings is 1. The number of hydrogen-bond donors (Lipinski definition) is 1. The fourth-order valence-corrected chi connectivity index (χ4v) is 4.25. The maximum absolute atomic E-state index is 12.8. The minimum Gasteiger partial charge on any atom is -0.484 e. The summed E-state index contributed by atoms with van der Waals surface area (Å²) in [7, 11) is 0. The summed E-state index contributed by atoms with van der Waals surface area (Å²) < 4.78 is 43.9. The first-order chi connectivity index (χ1) is 15.2. The van der Waals surface area contributed by atoms with Gasteiger partial charge in [-0.15, -0.1) is 0 Å². The second-order valence-corrected chi connectivity index (χ2v) is 8.29. The summed E-state index contributed by atoms with van der Waals surface area (Å²) in [6.07, 6.45) is -4.43. The SMILES string of the molecule is Cc1nn(Cc2ccccc2)c(Cl)c1C(=O)Nc1nc2ccc(OCC(F)(F)F)cc2s1. The number of aryl methyl sites for hydroxylation is 1. The molecule has 0 spiro atoms. The zero-order chi connectivity index (χ0) is 22.9. The van der Waals surface area contributed by atoms with Crippen LogP contribution in [0.25, 0.3) is 10.2 Å². The Labute approximate surface area is 189 Å². The maximum Gasteiger partial charge on any atom is 0.422 e. The Morgan fingerprint density at radius 1 is 1.22 bits per heavy atom. The molecular formula is C21H16ClF3N4O2S. The molecule has 1 amide bonds. The quantitative estimate of drug-likeness (QED) is 0.384. The highest BCUT2D eigenvalue weighted by atomic mass is 35.5. The number of nitrogens with zero attached hydrogens (tertiary/aromatic N) is 3. The fraction of sp³-hybridized carbons (Fsp3) is 0.190. The van der Waals surface area contributed by atoms with Gasteiger partial charge in [0.1, 0.15) is 10.9 Å². The van der Waals surface area contributed by atoms with Gasteiger partial charge in [-0.05, 0) is 30.7 Å². The molecule has 1 N–H and O–H groups in total. The number of carbonyl (C=O) groups is 1. The summed E-state index contributed by atoms with van der Waals surface area (Å²) in [5.74, 6) is -0.406. The summed E-state index contributed by atoms with van der Waals surface area (Å²) in [6, 6.07) is 13.9. The molecule has 0 saturated heterocycles. The van der Waals surface area contributed by atoms with E-state index in [4.69, 9.17) is 16.3 Å². The van der Waals surface area contributed by atoms with Gasteiger partial charge < -0.3 is 4.74 Å². The average molecular weight is 481 g/mol. The summed E-state index contributed by atoms with van der Waals surface area (Å²) in [5.41, 5.74) is 2.20. The fourth-order valence-electron chi connectivity index (χ4n) is 3.05. The zero-order valence-electron chi connectivity index (χ0n) is 16.6. The highest BCUT2D eigenvalue weighted by Crippen LogP contribution is 2.31. The highest BCUT2D eigenvalue weighted by molar-refractivity contribution is 7.22. The topological polar surface area (TPSA) is 69.0 Å². The van der Waals surface area contributed by atoms with Crippen molar-refractivity contribution in [2.75, 3.05) is 11.9 Å². The molecule has 0 aliphatic carbocycles. The van der Waals surface area contributed by atoms with E-state index in [9.17, 15) is 18.0 Å². The van der Waals surface area contributed by atoms with E-state index >= 15 is 0 Å². The monoisotopic (exact) mass is 480 g/mol. The Bertz CT molecular complexity index is 1270. The van der Waals surface area contributed by atoms with E-state index in [0.29, 0.717) is 22.5 Å². The Hall–Kier alpha value is -3.11. The van der Waals surface area contributed by atoms with Crippen LogP contribution in [0, 0.1) is 6.92 Å². The van der Waals surface area contributed by atoms with Crippen LogP contribution in [0.1, 0.15) is 21.6 Å². The van der Waals surface area contributed by atoms with E-state index in [1.54, 1.807) is 11.6 Å². The summed E-state index contributed by atoms with van der Waals surface area (Å²) in [5, 5.41) is 7.54. The van der Waals surface area contributed by atoms with Crippen molar-refractivity contribution >= 4 is 44.2 Å². The van der Waals surface area contributed by atoms with Crippen LogP contribution in [-0.2, 0) is 6.54 Å². The Morgan fingerprint density at radius 2 is 1.97 bits per heavy atom. The number of benzene rings is 2. The molecule has 0 bridgehead atoms. The number of alkyl halides is 3. The van der Waals surface area contributed by atoms with Crippen molar-refractivity contribution < 1.29 is 22.7 Å². The number of carbonyl (C=O) groups excluding carboxylic acids is 1. The number of fused-ring (bicyclic) bond motifs is 1. The summed E-state index contributed by atoms with van der Waals surface area (Å²) in [4.78, 5) is 17.1. The van der Waals surface area contributed by atoms with Crippen molar-refractivity contribution in [2.45, 2.75) is 19.6 Å². The molecule has 4 aromatic rings. The maximum atomic E-state index is 12.8. The lowest BCUT2D eigenvalue weighted by atomic mass is 10.2. The third kappa shape index (κ3) is 5.03. The third-order valence-electron chi connectivity index (χ3n) is 4.45. The van der Waals surface area contributed by atoms with Crippen molar-refractivity contribution in [1.82, 2.24) is 14.8 Å². The van der Waals surface area contributed by atoms with Gasteiger partial charge in [-0.3, -0.25) is 10.1 Å². The molecule has 0 fully saturated rings. The largest absolute Gasteiger partial charge is 0.484 e. The number of nitrogens with one attached hydrogen (secondary N) is 1. The summed E-state index contributed by atoms with van der Waals surface area (Å²) in [6.45, 7) is 0.714. The van der Waals surface area contributed by atoms with Gasteiger partial charge in [0.15, 0.2) is 11.7 Å². The molecular weight excluding hydrogens is 465 g/mol. The number of halogens is 4. The predicted molar refractivity (Wildman–Crippen MR) is 117 cm³/mol. The number of rotatable bonds is 6. The van der Waals surface area contributed by atoms with Crippen molar-refractivity contribution in [2.24, 2.45) is 0 Å². The first-order valence-electron chi connectivity index (χ1n) is 9.38.